The Morgan fingerprint density at radius 1 is 1.19 bits per heavy atom. The lowest BCUT2D eigenvalue weighted by atomic mass is 10.1. The summed E-state index contributed by atoms with van der Waals surface area (Å²) in [6, 6.07) is 14.3. The third-order valence-corrected chi connectivity index (χ3v) is 5.02. The van der Waals surface area contributed by atoms with E-state index in [9.17, 15) is 0 Å². The lowest BCUT2D eigenvalue weighted by Crippen LogP contribution is -2.36. The quantitative estimate of drug-likeness (QED) is 0.281. The van der Waals surface area contributed by atoms with E-state index in [1.807, 2.05) is 24.3 Å². The number of ether oxygens (including phenoxy) is 3. The Morgan fingerprint density at radius 2 is 2.06 bits per heavy atom. The highest BCUT2D eigenvalue weighted by Crippen LogP contribution is 2.22. The summed E-state index contributed by atoms with van der Waals surface area (Å²) >= 11 is 0. The van der Waals surface area contributed by atoms with E-state index in [0.717, 1.165) is 54.6 Å². The van der Waals surface area contributed by atoms with Crippen LogP contribution in [0.25, 0.3) is 0 Å². The van der Waals surface area contributed by atoms with Crippen LogP contribution in [0.2, 0.25) is 0 Å². The third kappa shape index (κ3) is 8.22. The molecule has 1 heterocycles. The van der Waals surface area contributed by atoms with E-state index in [4.69, 9.17) is 19.2 Å². The Kier molecular flexibility index (Phi) is 10.9. The van der Waals surface area contributed by atoms with Crippen LogP contribution in [0.1, 0.15) is 36.5 Å². The van der Waals surface area contributed by atoms with Gasteiger partial charge in [-0.2, -0.15) is 0 Å². The molecular formula is C24H34IN3O3. The van der Waals surface area contributed by atoms with E-state index in [0.29, 0.717) is 19.7 Å². The van der Waals surface area contributed by atoms with E-state index in [1.165, 1.54) is 5.56 Å². The molecule has 0 saturated carbocycles. The summed E-state index contributed by atoms with van der Waals surface area (Å²) in [7, 11) is 1.67. The Bertz CT molecular complexity index is 839. The summed E-state index contributed by atoms with van der Waals surface area (Å²) in [6.45, 7) is 7.57. The highest BCUT2D eigenvalue weighted by molar-refractivity contribution is 14.0. The molecule has 0 amide bonds. The predicted octanol–water partition coefficient (Wildman–Crippen LogP) is 4.43. The van der Waals surface area contributed by atoms with Gasteiger partial charge in [0, 0.05) is 25.3 Å². The van der Waals surface area contributed by atoms with Gasteiger partial charge in [0.05, 0.1) is 19.8 Å². The molecule has 3 rings (SSSR count). The van der Waals surface area contributed by atoms with Crippen molar-refractivity contribution in [3.63, 3.8) is 0 Å². The second-order valence-electron chi connectivity index (χ2n) is 7.46. The van der Waals surface area contributed by atoms with Crippen LogP contribution in [-0.4, -0.2) is 38.9 Å². The molecule has 1 saturated heterocycles. The van der Waals surface area contributed by atoms with Crippen molar-refractivity contribution in [2.24, 2.45) is 4.99 Å². The largest absolute Gasteiger partial charge is 0.497 e. The second kappa shape index (κ2) is 13.4. The van der Waals surface area contributed by atoms with Crippen LogP contribution in [0.15, 0.2) is 47.5 Å². The van der Waals surface area contributed by atoms with Crippen LogP contribution in [0.4, 0.5) is 0 Å². The fourth-order valence-corrected chi connectivity index (χ4v) is 3.36. The van der Waals surface area contributed by atoms with Gasteiger partial charge in [-0.15, -0.1) is 24.0 Å². The molecule has 6 nitrogen and oxygen atoms in total. The maximum atomic E-state index is 6.11. The Balaban J connectivity index is 0.00000341. The topological polar surface area (TPSA) is 64.1 Å². The molecule has 0 aliphatic carbocycles. The molecular weight excluding hydrogens is 505 g/mol. The molecule has 0 spiro atoms. The standard InChI is InChI=1S/C24H33N3O3.HI/c1-4-25-24(26-15-19-7-5-8-21(14-19)28-3)27-16-20-11-10-18(2)13-23(20)30-17-22-9-6-12-29-22;/h5,7-8,10-11,13-14,22H,4,6,9,12,15-17H2,1-3H3,(H2,25,26,27);1H. The molecule has 31 heavy (non-hydrogen) atoms. The van der Waals surface area contributed by atoms with Gasteiger partial charge in [0.25, 0.3) is 0 Å². The second-order valence-corrected chi connectivity index (χ2v) is 7.46. The van der Waals surface area contributed by atoms with Crippen LogP contribution in [-0.2, 0) is 17.8 Å². The average molecular weight is 539 g/mol. The van der Waals surface area contributed by atoms with Gasteiger partial charge >= 0.3 is 0 Å². The van der Waals surface area contributed by atoms with E-state index >= 15 is 0 Å². The van der Waals surface area contributed by atoms with Gasteiger partial charge in [0.1, 0.15) is 18.1 Å². The van der Waals surface area contributed by atoms with Crippen LogP contribution < -0.4 is 20.1 Å². The molecule has 2 N–H and O–H groups in total. The van der Waals surface area contributed by atoms with E-state index < -0.39 is 0 Å². The van der Waals surface area contributed by atoms with E-state index in [1.54, 1.807) is 7.11 Å². The Morgan fingerprint density at radius 3 is 2.81 bits per heavy atom. The number of guanidine groups is 1. The van der Waals surface area contributed by atoms with Crippen molar-refractivity contribution >= 4 is 29.9 Å². The number of aryl methyl sites for hydroxylation is 1. The van der Waals surface area contributed by atoms with E-state index in [2.05, 4.69) is 42.7 Å². The zero-order valence-corrected chi connectivity index (χ0v) is 21.0. The van der Waals surface area contributed by atoms with Gasteiger partial charge in [-0.3, -0.25) is 0 Å². The molecule has 170 valence electrons. The molecule has 0 bridgehead atoms. The molecule has 1 aliphatic heterocycles. The first-order chi connectivity index (χ1) is 14.7. The summed E-state index contributed by atoms with van der Waals surface area (Å²) < 4.78 is 17.1. The molecule has 1 fully saturated rings. The highest BCUT2D eigenvalue weighted by atomic mass is 127. The van der Waals surface area contributed by atoms with Crippen molar-refractivity contribution in [1.82, 2.24) is 10.6 Å². The molecule has 2 aromatic carbocycles. The molecule has 7 heteroatoms. The number of halogens is 1. The molecule has 2 aromatic rings. The van der Waals surface area contributed by atoms with Gasteiger partial charge in [0.2, 0.25) is 0 Å². The minimum atomic E-state index is 0. The maximum Gasteiger partial charge on any atom is 0.191 e. The smallest absolute Gasteiger partial charge is 0.191 e. The SMILES string of the molecule is CCNC(=NCc1cccc(OC)c1)NCc1ccc(C)cc1OCC1CCCO1.I. The normalized spacial score (nSPS) is 15.8. The van der Waals surface area contributed by atoms with Crippen molar-refractivity contribution in [2.45, 2.75) is 45.9 Å². The fourth-order valence-electron chi connectivity index (χ4n) is 3.36. The Hall–Kier alpha value is -2.00. The Labute approximate surface area is 202 Å². The molecule has 0 radical (unpaired) electrons. The fraction of sp³-hybridized carbons (Fsp3) is 0.458. The third-order valence-electron chi connectivity index (χ3n) is 5.02. The lowest BCUT2D eigenvalue weighted by Gasteiger charge is -2.17. The van der Waals surface area contributed by atoms with Gasteiger partial charge < -0.3 is 24.8 Å². The van der Waals surface area contributed by atoms with Crippen molar-refractivity contribution in [2.75, 3.05) is 26.9 Å². The first kappa shape index (κ1) is 25.3. The first-order valence-corrected chi connectivity index (χ1v) is 10.7. The predicted molar refractivity (Wildman–Crippen MR) is 136 cm³/mol. The molecule has 0 aromatic heterocycles. The summed E-state index contributed by atoms with van der Waals surface area (Å²) in [5.74, 6) is 2.51. The monoisotopic (exact) mass is 539 g/mol. The van der Waals surface area contributed by atoms with Crippen molar-refractivity contribution in [1.29, 1.82) is 0 Å². The van der Waals surface area contributed by atoms with Gasteiger partial charge in [0.15, 0.2) is 5.96 Å². The van der Waals surface area contributed by atoms with Crippen LogP contribution in [0, 0.1) is 6.92 Å². The highest BCUT2D eigenvalue weighted by Gasteiger charge is 2.17. The lowest BCUT2D eigenvalue weighted by molar-refractivity contribution is 0.0676. The van der Waals surface area contributed by atoms with Gasteiger partial charge in [-0.05, 0) is 56.0 Å². The number of hydrogen-bond donors (Lipinski definition) is 2. The van der Waals surface area contributed by atoms with Crippen molar-refractivity contribution < 1.29 is 14.2 Å². The maximum absolute atomic E-state index is 6.11. The van der Waals surface area contributed by atoms with Gasteiger partial charge in [-0.25, -0.2) is 4.99 Å². The summed E-state index contributed by atoms with van der Waals surface area (Å²) in [5.41, 5.74) is 3.38. The zero-order chi connectivity index (χ0) is 21.2. The van der Waals surface area contributed by atoms with Crippen molar-refractivity contribution in [3.05, 3.63) is 59.2 Å². The summed E-state index contributed by atoms with van der Waals surface area (Å²) in [5, 5.41) is 6.73. The van der Waals surface area contributed by atoms with Crippen LogP contribution in [0.5, 0.6) is 11.5 Å². The number of methoxy groups -OCH3 is 1. The summed E-state index contributed by atoms with van der Waals surface area (Å²) in [4.78, 5) is 4.71. The molecule has 1 aliphatic rings. The number of hydrogen-bond acceptors (Lipinski definition) is 4. The number of benzene rings is 2. The number of nitrogens with one attached hydrogen (secondary N) is 2. The van der Waals surface area contributed by atoms with Gasteiger partial charge in [-0.1, -0.05) is 24.3 Å². The van der Waals surface area contributed by atoms with E-state index in [-0.39, 0.29) is 30.1 Å². The van der Waals surface area contributed by atoms with Crippen LogP contribution in [0.3, 0.4) is 0 Å². The van der Waals surface area contributed by atoms with Crippen molar-refractivity contribution in [3.8, 4) is 11.5 Å². The first-order valence-electron chi connectivity index (χ1n) is 10.7. The number of aliphatic imine (C=N–C) groups is 1. The summed E-state index contributed by atoms with van der Waals surface area (Å²) in [6.07, 6.45) is 2.39. The average Bonchev–Trinajstić information content (AvgIpc) is 3.29. The minimum absolute atomic E-state index is 0. The minimum Gasteiger partial charge on any atom is -0.497 e. The molecule has 1 unspecified atom stereocenters. The zero-order valence-electron chi connectivity index (χ0n) is 18.6. The number of rotatable bonds is 9. The molecule has 1 atom stereocenters. The van der Waals surface area contributed by atoms with Crippen LogP contribution >= 0.6 is 24.0 Å². The number of nitrogens with zero attached hydrogens (tertiary/aromatic N) is 1.